The Morgan fingerprint density at radius 3 is 0.400 bits per heavy atom. The Hall–Kier alpha value is -9.06. The van der Waals surface area contributed by atoms with E-state index >= 15 is 0 Å². The lowest BCUT2D eigenvalue weighted by molar-refractivity contribution is 0.381. The van der Waals surface area contributed by atoms with Gasteiger partial charge >= 0.3 is 36.1 Å². The highest BCUT2D eigenvalue weighted by molar-refractivity contribution is 5.67. The maximum absolute atomic E-state index is 5.75. The molecule has 32 rings (SSSR count). The van der Waals surface area contributed by atoms with Gasteiger partial charge in [-0.15, -0.1) is 0 Å². The van der Waals surface area contributed by atoms with Crippen molar-refractivity contribution >= 4 is 0 Å². The van der Waals surface area contributed by atoms with Crippen molar-refractivity contribution < 1.29 is 28.4 Å². The van der Waals surface area contributed by atoms with Crippen LogP contribution in [0.3, 0.4) is 0 Å². The molecule has 23 aliphatic heterocycles. The Bertz CT molecular complexity index is 2340. The second-order valence-electron chi connectivity index (χ2n) is 12.7. The summed E-state index contributed by atoms with van der Waals surface area (Å²) >= 11 is 0. The van der Waals surface area contributed by atoms with E-state index in [1.807, 2.05) is 72.8 Å². The van der Waals surface area contributed by atoms with Crippen molar-refractivity contribution in [2.24, 2.45) is 0 Å². The van der Waals surface area contributed by atoms with Gasteiger partial charge < -0.3 is 28.4 Å². The SMILES string of the molecule is c1cc2ccc1Oc1nnc(nn1)Oc1ccc(cc1)-c1ccc(cc1)Oc1nnc(nn1)Oc1ccc(cc1)-c1ccc(cc1)Oc1nnc(nn1)Oc1ccc-2cc1. The van der Waals surface area contributed by atoms with Crippen molar-refractivity contribution in [1.82, 2.24) is 61.2 Å². The summed E-state index contributed by atoms with van der Waals surface area (Å²) in [5.41, 5.74) is 5.61. The summed E-state index contributed by atoms with van der Waals surface area (Å²) in [6.07, 6.45) is 0. The normalized spacial score (nSPS) is 11.8. The van der Waals surface area contributed by atoms with Crippen molar-refractivity contribution in [2.45, 2.75) is 0 Å². The van der Waals surface area contributed by atoms with Crippen LogP contribution in [0.4, 0.5) is 0 Å². The van der Waals surface area contributed by atoms with Crippen LogP contribution >= 0.6 is 0 Å². The van der Waals surface area contributed by atoms with Crippen LogP contribution in [0.5, 0.6) is 70.6 Å². The summed E-state index contributed by atoms with van der Waals surface area (Å²) in [5, 5.41) is 48.0. The third-order valence-corrected chi connectivity index (χ3v) is 8.71. The average molecular weight is 793 g/mol. The molecule has 0 unspecified atom stereocenters. The Kier molecular flexibility index (Phi) is 9.33. The van der Waals surface area contributed by atoms with E-state index in [1.165, 1.54) is 0 Å². The molecule has 0 amide bonds. The molecule has 18 bridgehead atoms. The molecule has 0 saturated heterocycles. The van der Waals surface area contributed by atoms with Crippen molar-refractivity contribution in [3.63, 3.8) is 0 Å². The van der Waals surface area contributed by atoms with Gasteiger partial charge in [-0.2, -0.15) is 0 Å². The molecule has 3 aromatic heterocycles. The summed E-state index contributed by atoms with van der Waals surface area (Å²) in [7, 11) is 0. The zero-order valence-electron chi connectivity index (χ0n) is 30.7. The van der Waals surface area contributed by atoms with Crippen LogP contribution in [-0.4, -0.2) is 61.2 Å². The molecule has 9 aromatic rings. The highest BCUT2D eigenvalue weighted by Gasteiger charge is 2.12. The van der Waals surface area contributed by atoms with Gasteiger partial charge in [0.05, 0.1) is 0 Å². The molecule has 0 radical (unpaired) electrons. The quantitative estimate of drug-likeness (QED) is 0.141. The van der Waals surface area contributed by atoms with Gasteiger partial charge in [-0.25, -0.2) is 0 Å². The maximum Gasteiger partial charge on any atom is 0.360 e. The number of rotatable bonds is 0. The van der Waals surface area contributed by atoms with Gasteiger partial charge in [0.1, 0.15) is 34.5 Å². The molecule has 60 heavy (non-hydrogen) atoms. The molecule has 0 spiro atoms. The van der Waals surface area contributed by atoms with Gasteiger partial charge in [-0.3, -0.25) is 0 Å². The molecular weight excluding hydrogens is 769 g/mol. The lowest BCUT2D eigenvalue weighted by Gasteiger charge is -2.08. The molecule has 26 heterocycles. The van der Waals surface area contributed by atoms with E-state index in [2.05, 4.69) is 61.2 Å². The second-order valence-corrected chi connectivity index (χ2v) is 12.7. The number of nitrogens with zero attached hydrogens (tertiary/aromatic N) is 12. The molecule has 0 saturated carbocycles. The average Bonchev–Trinajstić information content (AvgIpc) is 3.30. The summed E-state index contributed by atoms with van der Waals surface area (Å²) in [4.78, 5) is 0. The first-order valence-electron chi connectivity index (χ1n) is 18.0. The van der Waals surface area contributed by atoms with E-state index in [4.69, 9.17) is 28.4 Å². The summed E-state index contributed by atoms with van der Waals surface area (Å²) in [6.45, 7) is 0. The predicted octanol–water partition coefficient (Wildman–Crippen LogP) is 8.49. The van der Waals surface area contributed by atoms with E-state index in [0.29, 0.717) is 34.5 Å². The zero-order valence-corrected chi connectivity index (χ0v) is 30.7. The van der Waals surface area contributed by atoms with Crippen molar-refractivity contribution in [3.8, 4) is 104 Å². The minimum Gasteiger partial charge on any atom is -0.422 e. The molecule has 6 aromatic carbocycles. The standard InChI is InChI=1S/C42H24N12O6/c1-13-31-14-2-25(1)26-3-15-32(16-4-26)56-39-47-49-40(50-48-39)58-34-19-7-29(8-20-34)30-11-23-36(24-12-30)60-42-53-51-41(52-54-42)59-35-21-9-28(10-22-35)27-5-17-33(18-6-27)57-38-45-43-37(55-31)44-46-38/h1-24H. The second kappa shape index (κ2) is 15.8. The van der Waals surface area contributed by atoms with Crippen LogP contribution in [0.2, 0.25) is 0 Å². The minimum atomic E-state index is -0.0417. The predicted molar refractivity (Wildman–Crippen MR) is 209 cm³/mol. The Balaban J connectivity index is 0.873. The van der Waals surface area contributed by atoms with Crippen LogP contribution in [-0.2, 0) is 0 Å². The fourth-order valence-electron chi connectivity index (χ4n) is 5.80. The van der Waals surface area contributed by atoms with Gasteiger partial charge in [-0.1, -0.05) is 134 Å². The molecular formula is C42H24N12O6. The van der Waals surface area contributed by atoms with E-state index in [1.54, 1.807) is 72.8 Å². The fraction of sp³-hybridized carbons (Fsp3) is 0. The monoisotopic (exact) mass is 792 g/mol. The Labute approximate surface area is 338 Å². The number of ether oxygens (including phenoxy) is 6. The number of benzene rings is 6. The van der Waals surface area contributed by atoms with Gasteiger partial charge in [0.15, 0.2) is 0 Å². The van der Waals surface area contributed by atoms with E-state index < -0.39 is 0 Å². The molecule has 0 N–H and O–H groups in total. The van der Waals surface area contributed by atoms with Crippen molar-refractivity contribution in [1.29, 1.82) is 0 Å². The third-order valence-electron chi connectivity index (χ3n) is 8.71. The molecule has 288 valence electrons. The van der Waals surface area contributed by atoms with E-state index in [0.717, 1.165) is 33.4 Å². The summed E-state index contributed by atoms with van der Waals surface area (Å²) in [6, 6.07) is 43.9. The van der Waals surface area contributed by atoms with E-state index in [9.17, 15) is 0 Å². The zero-order chi connectivity index (χ0) is 40.1. The lowest BCUT2D eigenvalue weighted by Crippen LogP contribution is -2.00. The molecule has 0 aliphatic carbocycles. The first-order valence-corrected chi connectivity index (χ1v) is 18.0. The Morgan fingerprint density at radius 1 is 0.167 bits per heavy atom. The van der Waals surface area contributed by atoms with Gasteiger partial charge in [0.2, 0.25) is 0 Å². The molecule has 23 aliphatic rings. The first-order chi connectivity index (χ1) is 29.6. The van der Waals surface area contributed by atoms with Crippen LogP contribution in [0.25, 0.3) is 33.4 Å². The Morgan fingerprint density at radius 2 is 0.283 bits per heavy atom. The topological polar surface area (TPSA) is 210 Å². The van der Waals surface area contributed by atoms with Crippen LogP contribution in [0, 0.1) is 0 Å². The number of hydrogen-bond acceptors (Lipinski definition) is 18. The minimum absolute atomic E-state index is 0.0417. The molecule has 18 heteroatoms. The van der Waals surface area contributed by atoms with Crippen molar-refractivity contribution in [2.75, 3.05) is 0 Å². The maximum atomic E-state index is 5.75. The lowest BCUT2D eigenvalue weighted by atomic mass is 10.1. The summed E-state index contributed by atoms with van der Waals surface area (Å²) in [5.74, 6) is 2.97. The molecule has 18 nitrogen and oxygen atoms in total. The van der Waals surface area contributed by atoms with Gasteiger partial charge in [0.25, 0.3) is 0 Å². The fourth-order valence-corrected chi connectivity index (χ4v) is 5.80. The molecule has 0 atom stereocenters. The summed E-state index contributed by atoms with van der Waals surface area (Å²) < 4.78 is 34.5. The van der Waals surface area contributed by atoms with Gasteiger partial charge in [-0.05, 0) is 106 Å². The van der Waals surface area contributed by atoms with Gasteiger partial charge in [0, 0.05) is 0 Å². The number of aromatic nitrogens is 12. The van der Waals surface area contributed by atoms with Crippen LogP contribution in [0.15, 0.2) is 146 Å². The largest absolute Gasteiger partial charge is 0.422 e. The van der Waals surface area contributed by atoms with Crippen LogP contribution < -0.4 is 28.4 Å². The van der Waals surface area contributed by atoms with Crippen molar-refractivity contribution in [3.05, 3.63) is 146 Å². The third kappa shape index (κ3) is 8.22. The molecule has 0 fully saturated rings. The highest BCUT2D eigenvalue weighted by atomic mass is 16.5. The first kappa shape index (κ1) is 35.4. The highest BCUT2D eigenvalue weighted by Crippen LogP contribution is 2.31. The van der Waals surface area contributed by atoms with E-state index in [-0.39, 0.29) is 36.1 Å². The van der Waals surface area contributed by atoms with Crippen LogP contribution in [0.1, 0.15) is 0 Å². The number of hydrogen-bond donors (Lipinski definition) is 0. The smallest absolute Gasteiger partial charge is 0.360 e.